The van der Waals surface area contributed by atoms with E-state index in [1.54, 1.807) is 6.20 Å². The average molecular weight is 220 g/mol. The van der Waals surface area contributed by atoms with Crippen molar-refractivity contribution in [2.75, 3.05) is 0 Å². The number of hydrogen-bond donors (Lipinski definition) is 2. The molecule has 5 nitrogen and oxygen atoms in total. The fourth-order valence-corrected chi connectivity index (χ4v) is 1.74. The molecule has 1 unspecified atom stereocenters. The monoisotopic (exact) mass is 220 g/mol. The molecule has 2 heterocycles. The number of hydrogen-bond acceptors (Lipinski definition) is 4. The summed E-state index contributed by atoms with van der Waals surface area (Å²) in [6, 6.07) is 3.62. The van der Waals surface area contributed by atoms with E-state index in [-0.39, 0.29) is 6.04 Å². The first-order chi connectivity index (χ1) is 7.76. The van der Waals surface area contributed by atoms with Gasteiger partial charge in [0.1, 0.15) is 23.4 Å². The highest BCUT2D eigenvalue weighted by Crippen LogP contribution is 2.21. The summed E-state index contributed by atoms with van der Waals surface area (Å²) in [4.78, 5) is 4.30. The van der Waals surface area contributed by atoms with Crippen LogP contribution in [0.3, 0.4) is 0 Å². The molecule has 0 aliphatic carbocycles. The van der Waals surface area contributed by atoms with Gasteiger partial charge in [0.2, 0.25) is 0 Å². The molecule has 5 heteroatoms. The molecule has 0 aliphatic rings. The number of rotatable bonds is 4. The molecule has 0 bridgehead atoms. The maximum atomic E-state index is 5.57. The van der Waals surface area contributed by atoms with Crippen LogP contribution >= 0.6 is 0 Å². The van der Waals surface area contributed by atoms with Gasteiger partial charge in [-0.15, -0.1) is 0 Å². The van der Waals surface area contributed by atoms with Crippen molar-refractivity contribution >= 4 is 0 Å². The fourth-order valence-electron chi connectivity index (χ4n) is 1.74. The van der Waals surface area contributed by atoms with Gasteiger partial charge in [0, 0.05) is 18.9 Å². The summed E-state index contributed by atoms with van der Waals surface area (Å²) in [6.07, 6.45) is 3.69. The predicted octanol–water partition coefficient (Wildman–Crippen LogP) is 1.36. The van der Waals surface area contributed by atoms with Gasteiger partial charge in [-0.25, -0.2) is 10.4 Å². The van der Waals surface area contributed by atoms with Crippen molar-refractivity contribution < 1.29 is 4.42 Å². The Kier molecular flexibility index (Phi) is 3.07. The smallest absolute Gasteiger partial charge is 0.137 e. The molecule has 2 aromatic heterocycles. The molecule has 0 radical (unpaired) electrons. The molecule has 16 heavy (non-hydrogen) atoms. The van der Waals surface area contributed by atoms with E-state index in [1.165, 1.54) is 0 Å². The lowest BCUT2D eigenvalue weighted by Gasteiger charge is -2.14. The van der Waals surface area contributed by atoms with Crippen LogP contribution in [0, 0.1) is 6.92 Å². The topological polar surface area (TPSA) is 69.0 Å². The quantitative estimate of drug-likeness (QED) is 0.603. The minimum absolute atomic E-state index is 0.205. The van der Waals surface area contributed by atoms with Gasteiger partial charge >= 0.3 is 0 Å². The number of furan rings is 1. The zero-order valence-electron chi connectivity index (χ0n) is 9.47. The number of aryl methyl sites for hydroxylation is 2. The Hall–Kier alpha value is -1.59. The molecule has 2 rings (SSSR count). The lowest BCUT2D eigenvalue weighted by atomic mass is 10.2. The first-order valence-corrected chi connectivity index (χ1v) is 5.29. The number of imidazole rings is 1. The van der Waals surface area contributed by atoms with E-state index in [9.17, 15) is 0 Å². The summed E-state index contributed by atoms with van der Waals surface area (Å²) in [7, 11) is 0. The summed E-state index contributed by atoms with van der Waals surface area (Å²) in [5.41, 5.74) is 2.73. The number of hydrazine groups is 1. The summed E-state index contributed by atoms with van der Waals surface area (Å²) in [6.45, 7) is 4.82. The molecule has 2 aromatic rings. The van der Waals surface area contributed by atoms with Crippen molar-refractivity contribution in [1.29, 1.82) is 0 Å². The lowest BCUT2D eigenvalue weighted by Crippen LogP contribution is -2.30. The van der Waals surface area contributed by atoms with Crippen LogP contribution in [0.4, 0.5) is 0 Å². The van der Waals surface area contributed by atoms with Crippen LogP contribution in [-0.4, -0.2) is 9.55 Å². The zero-order valence-corrected chi connectivity index (χ0v) is 9.47. The molecule has 0 amide bonds. The highest BCUT2D eigenvalue weighted by atomic mass is 16.3. The van der Waals surface area contributed by atoms with E-state index in [1.807, 2.05) is 29.8 Å². The first kappa shape index (κ1) is 10.9. The van der Waals surface area contributed by atoms with Crippen molar-refractivity contribution in [3.05, 3.63) is 41.9 Å². The zero-order chi connectivity index (χ0) is 11.5. The Morgan fingerprint density at radius 1 is 1.56 bits per heavy atom. The summed E-state index contributed by atoms with van der Waals surface area (Å²) in [5.74, 6) is 8.07. The molecule has 0 aromatic carbocycles. The van der Waals surface area contributed by atoms with E-state index in [0.29, 0.717) is 0 Å². The van der Waals surface area contributed by atoms with Gasteiger partial charge in [-0.2, -0.15) is 0 Å². The number of nitrogens with one attached hydrogen (secondary N) is 1. The van der Waals surface area contributed by atoms with Gasteiger partial charge in [-0.1, -0.05) is 0 Å². The van der Waals surface area contributed by atoms with Crippen LogP contribution in [0.25, 0.3) is 0 Å². The molecule has 3 N–H and O–H groups in total. The van der Waals surface area contributed by atoms with Gasteiger partial charge in [0.05, 0.1) is 0 Å². The van der Waals surface area contributed by atoms with Gasteiger partial charge in [-0.3, -0.25) is 5.84 Å². The molecule has 0 saturated carbocycles. The molecular formula is C11H16N4O. The number of nitrogens with two attached hydrogens (primary N) is 1. The van der Waals surface area contributed by atoms with Gasteiger partial charge < -0.3 is 8.98 Å². The van der Waals surface area contributed by atoms with E-state index in [0.717, 1.165) is 23.9 Å². The lowest BCUT2D eigenvalue weighted by molar-refractivity contribution is 0.418. The van der Waals surface area contributed by atoms with Crippen LogP contribution in [-0.2, 0) is 6.54 Å². The Morgan fingerprint density at radius 3 is 2.94 bits per heavy atom. The standard InChI is InChI=1S/C11H16N4O/c1-3-15-7-6-13-11(15)10(14-12)9-5-4-8(2)16-9/h4-7,10,14H,3,12H2,1-2H3. The van der Waals surface area contributed by atoms with E-state index in [4.69, 9.17) is 10.3 Å². The second-order valence-corrected chi connectivity index (χ2v) is 3.62. The molecule has 86 valence electrons. The normalized spacial score (nSPS) is 12.9. The van der Waals surface area contributed by atoms with Crippen LogP contribution in [0.5, 0.6) is 0 Å². The maximum absolute atomic E-state index is 5.57. The number of nitrogens with zero attached hydrogens (tertiary/aromatic N) is 2. The second-order valence-electron chi connectivity index (χ2n) is 3.62. The fraction of sp³-hybridized carbons (Fsp3) is 0.364. The Bertz CT molecular complexity index is 460. The Balaban J connectivity index is 2.36. The Labute approximate surface area is 94.2 Å². The Morgan fingerprint density at radius 2 is 2.38 bits per heavy atom. The van der Waals surface area contributed by atoms with Gasteiger partial charge in [0.25, 0.3) is 0 Å². The third-order valence-corrected chi connectivity index (χ3v) is 2.56. The van der Waals surface area contributed by atoms with Crippen molar-refractivity contribution in [1.82, 2.24) is 15.0 Å². The maximum Gasteiger partial charge on any atom is 0.137 e. The van der Waals surface area contributed by atoms with Gasteiger partial charge in [0.15, 0.2) is 0 Å². The largest absolute Gasteiger partial charge is 0.464 e. The van der Waals surface area contributed by atoms with Crippen molar-refractivity contribution in [2.45, 2.75) is 26.4 Å². The third kappa shape index (κ3) is 1.87. The molecular weight excluding hydrogens is 204 g/mol. The summed E-state index contributed by atoms with van der Waals surface area (Å²) >= 11 is 0. The predicted molar refractivity (Wildman–Crippen MR) is 60.5 cm³/mol. The van der Waals surface area contributed by atoms with Crippen LogP contribution in [0.2, 0.25) is 0 Å². The van der Waals surface area contributed by atoms with Gasteiger partial charge in [-0.05, 0) is 26.0 Å². The minimum Gasteiger partial charge on any atom is -0.464 e. The van der Waals surface area contributed by atoms with Crippen LogP contribution < -0.4 is 11.3 Å². The van der Waals surface area contributed by atoms with E-state index >= 15 is 0 Å². The summed E-state index contributed by atoms with van der Waals surface area (Å²) < 4.78 is 7.59. The van der Waals surface area contributed by atoms with Crippen LogP contribution in [0.1, 0.15) is 30.3 Å². The third-order valence-electron chi connectivity index (χ3n) is 2.56. The van der Waals surface area contributed by atoms with E-state index < -0.39 is 0 Å². The van der Waals surface area contributed by atoms with Crippen molar-refractivity contribution in [3.63, 3.8) is 0 Å². The van der Waals surface area contributed by atoms with E-state index in [2.05, 4.69) is 17.3 Å². The SMILES string of the molecule is CCn1ccnc1C(NN)c1ccc(C)o1. The highest BCUT2D eigenvalue weighted by molar-refractivity contribution is 5.17. The molecule has 0 fully saturated rings. The average Bonchev–Trinajstić information content (AvgIpc) is 2.89. The molecule has 0 saturated heterocycles. The number of aromatic nitrogens is 2. The second kappa shape index (κ2) is 4.51. The molecule has 0 aliphatic heterocycles. The van der Waals surface area contributed by atoms with Crippen molar-refractivity contribution in [2.24, 2.45) is 5.84 Å². The molecule has 0 spiro atoms. The minimum atomic E-state index is -0.205. The molecule has 1 atom stereocenters. The summed E-state index contributed by atoms with van der Waals surface area (Å²) in [5, 5.41) is 0. The van der Waals surface area contributed by atoms with Crippen LogP contribution in [0.15, 0.2) is 28.9 Å². The van der Waals surface area contributed by atoms with Crippen molar-refractivity contribution in [3.8, 4) is 0 Å². The highest BCUT2D eigenvalue weighted by Gasteiger charge is 2.20. The first-order valence-electron chi connectivity index (χ1n) is 5.29.